The molecular weight excluding hydrogens is 436 g/mol. The normalized spacial score (nSPS) is 20.0. The number of benzene rings is 1. The fourth-order valence-electron chi connectivity index (χ4n) is 5.01. The van der Waals surface area contributed by atoms with Gasteiger partial charge in [-0.3, -0.25) is 9.69 Å². The number of fused-ring (bicyclic) bond motifs is 3. The smallest absolute Gasteiger partial charge is 0.316 e. The Labute approximate surface area is 194 Å². The summed E-state index contributed by atoms with van der Waals surface area (Å²) in [5.41, 5.74) is 8.22. The van der Waals surface area contributed by atoms with Crippen LogP contribution in [0.15, 0.2) is 41.3 Å². The van der Waals surface area contributed by atoms with Crippen molar-refractivity contribution in [1.82, 2.24) is 34.6 Å². The van der Waals surface area contributed by atoms with Crippen LogP contribution in [0.25, 0.3) is 17.2 Å². The van der Waals surface area contributed by atoms with Gasteiger partial charge in [0, 0.05) is 42.6 Å². The van der Waals surface area contributed by atoms with Crippen molar-refractivity contribution in [2.24, 2.45) is 5.73 Å². The second-order valence-corrected chi connectivity index (χ2v) is 8.93. The Bertz CT molecular complexity index is 1360. The molecule has 6 rings (SSSR count). The third kappa shape index (κ3) is 3.34. The van der Waals surface area contributed by atoms with Gasteiger partial charge in [0.1, 0.15) is 12.0 Å². The van der Waals surface area contributed by atoms with Crippen LogP contribution in [0.2, 0.25) is 0 Å². The number of hydrogen-bond donors (Lipinski definition) is 2. The molecule has 0 unspecified atom stereocenters. The maximum atomic E-state index is 11.3. The minimum Gasteiger partial charge on any atom is -0.366 e. The van der Waals surface area contributed by atoms with Crippen molar-refractivity contribution < 1.29 is 9.32 Å². The lowest BCUT2D eigenvalue weighted by Crippen LogP contribution is -2.48. The molecule has 3 N–H and O–H groups in total. The molecule has 4 aromatic rings. The fourth-order valence-corrected chi connectivity index (χ4v) is 5.01. The number of carbonyl (C=O) groups is 1. The molecule has 34 heavy (non-hydrogen) atoms. The average Bonchev–Trinajstić information content (AvgIpc) is 3.63. The van der Waals surface area contributed by atoms with Crippen LogP contribution in [0.1, 0.15) is 31.0 Å². The van der Waals surface area contributed by atoms with Crippen LogP contribution >= 0.6 is 0 Å². The number of primary amides is 1. The summed E-state index contributed by atoms with van der Waals surface area (Å²) >= 11 is 0. The average molecular weight is 461 g/mol. The van der Waals surface area contributed by atoms with Crippen molar-refractivity contribution in [1.29, 1.82) is 0 Å². The number of carbonyl (C=O) groups excluding carboxylic acids is 1. The molecule has 2 aliphatic rings. The summed E-state index contributed by atoms with van der Waals surface area (Å²) in [6.45, 7) is 6.76. The molecule has 0 saturated carbocycles. The summed E-state index contributed by atoms with van der Waals surface area (Å²) in [5.74, 6) is -0.417. The molecule has 12 heteroatoms. The van der Waals surface area contributed by atoms with E-state index in [0.29, 0.717) is 35.3 Å². The van der Waals surface area contributed by atoms with Crippen LogP contribution in [-0.4, -0.2) is 71.7 Å². The van der Waals surface area contributed by atoms with E-state index in [9.17, 15) is 4.79 Å². The van der Waals surface area contributed by atoms with E-state index in [-0.39, 0.29) is 11.7 Å². The number of aromatic nitrogens is 6. The first-order valence-corrected chi connectivity index (χ1v) is 11.2. The van der Waals surface area contributed by atoms with Crippen LogP contribution < -0.4 is 16.0 Å². The Morgan fingerprint density at radius 1 is 1.18 bits per heavy atom. The zero-order valence-corrected chi connectivity index (χ0v) is 18.8. The molecule has 2 saturated heterocycles. The van der Waals surface area contributed by atoms with Gasteiger partial charge >= 0.3 is 11.8 Å². The highest BCUT2D eigenvalue weighted by Gasteiger charge is 2.43. The number of nitrogens with two attached hydrogens (primary N) is 1. The summed E-state index contributed by atoms with van der Waals surface area (Å²) in [6.07, 6.45) is 4.18. The SMILES string of the molecule is CC(C)N1C[C@H]2C[C@@H]1CN2c1ccc(Nc2ncc(-c3noc(C(N)=O)n3)n3ncnc23)cc1. The highest BCUT2D eigenvalue weighted by atomic mass is 16.5. The lowest BCUT2D eigenvalue weighted by Gasteiger charge is -2.37. The van der Waals surface area contributed by atoms with Crippen molar-refractivity contribution in [3.8, 4) is 11.5 Å². The minimum absolute atomic E-state index is 0.142. The van der Waals surface area contributed by atoms with Crippen LogP contribution in [0.3, 0.4) is 0 Å². The number of likely N-dealkylation sites (tertiary alicyclic amines) is 1. The first-order valence-electron chi connectivity index (χ1n) is 11.2. The van der Waals surface area contributed by atoms with E-state index in [2.05, 4.69) is 66.3 Å². The Kier molecular flexibility index (Phi) is 4.69. The number of rotatable bonds is 6. The summed E-state index contributed by atoms with van der Waals surface area (Å²) in [7, 11) is 0. The highest BCUT2D eigenvalue weighted by Crippen LogP contribution is 2.36. The molecule has 0 radical (unpaired) electrons. The van der Waals surface area contributed by atoms with Gasteiger partial charge in [-0.25, -0.2) is 14.5 Å². The lowest BCUT2D eigenvalue weighted by atomic mass is 10.2. The van der Waals surface area contributed by atoms with Gasteiger partial charge in [-0.05, 0) is 44.5 Å². The van der Waals surface area contributed by atoms with E-state index < -0.39 is 5.91 Å². The summed E-state index contributed by atoms with van der Waals surface area (Å²) in [6, 6.07) is 10.2. The second kappa shape index (κ2) is 7.76. The maximum Gasteiger partial charge on any atom is 0.316 e. The van der Waals surface area contributed by atoms with Crippen LogP contribution in [0.4, 0.5) is 17.2 Å². The molecule has 2 bridgehead atoms. The molecule has 0 spiro atoms. The molecule has 174 valence electrons. The number of nitrogens with zero attached hydrogens (tertiary/aromatic N) is 8. The van der Waals surface area contributed by atoms with Gasteiger partial charge in [0.15, 0.2) is 11.5 Å². The van der Waals surface area contributed by atoms with Crippen LogP contribution in [0, 0.1) is 0 Å². The molecule has 2 atom stereocenters. The van der Waals surface area contributed by atoms with Crippen molar-refractivity contribution in [3.05, 3.63) is 42.7 Å². The third-order valence-electron chi connectivity index (χ3n) is 6.58. The monoisotopic (exact) mass is 460 g/mol. The van der Waals surface area contributed by atoms with Crippen LogP contribution in [0.5, 0.6) is 0 Å². The van der Waals surface area contributed by atoms with Gasteiger partial charge in [-0.2, -0.15) is 10.1 Å². The van der Waals surface area contributed by atoms with E-state index in [1.807, 2.05) is 12.1 Å². The zero-order valence-electron chi connectivity index (χ0n) is 18.8. The zero-order chi connectivity index (χ0) is 23.4. The molecular formula is C22H24N10O2. The molecule has 2 fully saturated rings. The van der Waals surface area contributed by atoms with Crippen molar-refractivity contribution in [3.63, 3.8) is 0 Å². The quantitative estimate of drug-likeness (QED) is 0.436. The Morgan fingerprint density at radius 2 is 2.00 bits per heavy atom. The summed E-state index contributed by atoms with van der Waals surface area (Å²) in [4.78, 5) is 29.2. The van der Waals surface area contributed by atoms with Gasteiger partial charge in [-0.15, -0.1) is 0 Å². The predicted molar refractivity (Wildman–Crippen MR) is 124 cm³/mol. The minimum atomic E-state index is -0.803. The van der Waals surface area contributed by atoms with Gasteiger partial charge in [-0.1, -0.05) is 5.16 Å². The number of hydrogen-bond acceptors (Lipinski definition) is 10. The van der Waals surface area contributed by atoms with E-state index in [1.165, 1.54) is 29.1 Å². The van der Waals surface area contributed by atoms with Crippen molar-refractivity contribution >= 4 is 28.7 Å². The predicted octanol–water partition coefficient (Wildman–Crippen LogP) is 1.69. The number of nitrogens with one attached hydrogen (secondary N) is 1. The molecule has 2 aliphatic heterocycles. The first-order chi connectivity index (χ1) is 16.5. The maximum absolute atomic E-state index is 11.3. The van der Waals surface area contributed by atoms with E-state index in [0.717, 1.165) is 18.8 Å². The summed E-state index contributed by atoms with van der Waals surface area (Å²) < 4.78 is 6.40. The Balaban J connectivity index is 1.21. The Hall–Kier alpha value is -4.06. The molecule has 1 aromatic carbocycles. The van der Waals surface area contributed by atoms with Crippen molar-refractivity contribution in [2.75, 3.05) is 23.3 Å². The number of anilines is 3. The highest BCUT2D eigenvalue weighted by molar-refractivity contribution is 5.88. The van der Waals surface area contributed by atoms with E-state index in [4.69, 9.17) is 10.3 Å². The largest absolute Gasteiger partial charge is 0.366 e. The molecule has 12 nitrogen and oxygen atoms in total. The number of amides is 1. The van der Waals surface area contributed by atoms with Crippen LogP contribution in [-0.2, 0) is 0 Å². The topological polar surface area (TPSA) is 144 Å². The lowest BCUT2D eigenvalue weighted by molar-refractivity contribution is 0.0958. The van der Waals surface area contributed by atoms with E-state index in [1.54, 1.807) is 0 Å². The molecule has 1 amide bonds. The van der Waals surface area contributed by atoms with Gasteiger partial charge in [0.25, 0.3) is 0 Å². The third-order valence-corrected chi connectivity index (χ3v) is 6.58. The second-order valence-electron chi connectivity index (χ2n) is 8.93. The molecule has 5 heterocycles. The molecule has 0 aliphatic carbocycles. The van der Waals surface area contributed by atoms with Crippen molar-refractivity contribution in [2.45, 2.75) is 38.4 Å². The first kappa shape index (κ1) is 20.5. The van der Waals surface area contributed by atoms with E-state index >= 15 is 0 Å². The van der Waals surface area contributed by atoms with Gasteiger partial charge < -0.3 is 20.5 Å². The fraction of sp³-hybridized carbons (Fsp3) is 0.364. The Morgan fingerprint density at radius 3 is 2.68 bits per heavy atom. The number of piperazine rings is 1. The standard InChI is InChI=1S/C22H24N10O2/c1-12(2)30-9-16-7-15(30)10-31(16)14-5-3-13(4-6-14)27-20-21-25-11-26-32(21)17(8-24-20)19-28-22(18(23)33)34-29-19/h3-6,8,11-12,15-16H,7,9-10H2,1-2H3,(H2,23,33)(H,24,27)/t15-,16-/m1/s1. The molecule has 3 aromatic heterocycles. The van der Waals surface area contributed by atoms with Gasteiger partial charge in [0.2, 0.25) is 5.82 Å². The summed E-state index contributed by atoms with van der Waals surface area (Å²) in [5, 5.41) is 11.3. The van der Waals surface area contributed by atoms with Gasteiger partial charge in [0.05, 0.1) is 6.20 Å².